The molecule has 0 aromatic rings. The normalized spacial score (nSPS) is 33.9. The van der Waals surface area contributed by atoms with Crippen molar-refractivity contribution in [2.45, 2.75) is 64.3 Å². The highest BCUT2D eigenvalue weighted by Gasteiger charge is 2.41. The number of ether oxygens (including phenoxy) is 1. The average molecular weight is 367 g/mol. The molecular formula is C21H38N2O3. The molecule has 1 saturated heterocycles. The minimum atomic E-state index is 0.182. The van der Waals surface area contributed by atoms with Crippen molar-refractivity contribution in [1.82, 2.24) is 10.2 Å². The third kappa shape index (κ3) is 4.79. The molecule has 150 valence electrons. The zero-order valence-electron chi connectivity index (χ0n) is 16.7. The Balaban J connectivity index is 1.47. The number of likely N-dealkylation sites (tertiary alicyclic amines) is 1. The zero-order chi connectivity index (χ0) is 18.6. The Morgan fingerprint density at radius 1 is 1.23 bits per heavy atom. The van der Waals surface area contributed by atoms with Crippen molar-refractivity contribution in [1.29, 1.82) is 0 Å². The summed E-state index contributed by atoms with van der Waals surface area (Å²) >= 11 is 0. The maximum absolute atomic E-state index is 12.9. The van der Waals surface area contributed by atoms with Crippen molar-refractivity contribution in [2.75, 3.05) is 40.0 Å². The summed E-state index contributed by atoms with van der Waals surface area (Å²) in [5, 5.41) is 13.1. The number of amides is 1. The van der Waals surface area contributed by atoms with Gasteiger partial charge in [0.25, 0.3) is 0 Å². The quantitative estimate of drug-likeness (QED) is 0.693. The summed E-state index contributed by atoms with van der Waals surface area (Å²) in [4.78, 5) is 15.0. The third-order valence-electron chi connectivity index (χ3n) is 7.23. The Labute approximate surface area is 158 Å². The molecule has 1 heterocycles. The van der Waals surface area contributed by atoms with Gasteiger partial charge in [-0.2, -0.15) is 0 Å². The van der Waals surface area contributed by atoms with Crippen molar-refractivity contribution in [3.05, 3.63) is 0 Å². The molecule has 5 nitrogen and oxygen atoms in total. The number of piperidine rings is 1. The second-order valence-corrected chi connectivity index (χ2v) is 9.05. The highest BCUT2D eigenvalue weighted by molar-refractivity contribution is 5.79. The van der Waals surface area contributed by atoms with E-state index < -0.39 is 0 Å². The summed E-state index contributed by atoms with van der Waals surface area (Å²) in [5.41, 5.74) is 0.182. The lowest BCUT2D eigenvalue weighted by atomic mass is 9.77. The fourth-order valence-corrected chi connectivity index (χ4v) is 5.03. The van der Waals surface area contributed by atoms with Crippen LogP contribution in [0.2, 0.25) is 0 Å². The molecule has 2 unspecified atom stereocenters. The van der Waals surface area contributed by atoms with E-state index in [0.29, 0.717) is 17.9 Å². The molecule has 3 rings (SSSR count). The van der Waals surface area contributed by atoms with E-state index >= 15 is 0 Å². The molecular weight excluding hydrogens is 328 g/mol. The molecule has 0 aromatic heterocycles. The van der Waals surface area contributed by atoms with E-state index in [-0.39, 0.29) is 17.9 Å². The number of nitrogens with zero attached hydrogens (tertiary/aromatic N) is 1. The van der Waals surface area contributed by atoms with E-state index in [4.69, 9.17) is 4.74 Å². The maximum atomic E-state index is 12.9. The second kappa shape index (κ2) is 9.03. The van der Waals surface area contributed by atoms with Crippen LogP contribution in [0.15, 0.2) is 0 Å². The van der Waals surface area contributed by atoms with E-state index in [2.05, 4.69) is 17.1 Å². The van der Waals surface area contributed by atoms with E-state index in [9.17, 15) is 9.90 Å². The number of hydrogen-bond donors (Lipinski definition) is 2. The van der Waals surface area contributed by atoms with Crippen LogP contribution in [0.1, 0.15) is 58.3 Å². The molecule has 5 heteroatoms. The standard InChI is InChI=1S/C21H38N2O3/c1-3-17-12-19(17)22-14-21(15-26-2)8-10-23(11-9-21)20(25)18-6-4-16(13-24)5-7-18/h16-19,22,24H,3-15H2,1-2H3. The molecule has 0 radical (unpaired) electrons. The van der Waals surface area contributed by atoms with Crippen molar-refractivity contribution in [2.24, 2.45) is 23.2 Å². The number of carbonyl (C=O) groups excluding carboxylic acids is 1. The molecule has 2 saturated carbocycles. The SMILES string of the molecule is CCC1CC1NCC1(COC)CCN(C(=O)C2CCC(CO)CC2)CC1. The number of aliphatic hydroxyl groups is 1. The van der Waals surface area contributed by atoms with Crippen molar-refractivity contribution < 1.29 is 14.6 Å². The molecule has 0 spiro atoms. The van der Waals surface area contributed by atoms with E-state index in [0.717, 1.165) is 70.7 Å². The van der Waals surface area contributed by atoms with Gasteiger partial charge in [0.05, 0.1) is 6.61 Å². The fourth-order valence-electron chi connectivity index (χ4n) is 5.03. The predicted octanol–water partition coefficient (Wildman–Crippen LogP) is 2.43. The lowest BCUT2D eigenvalue weighted by molar-refractivity contribution is -0.140. The van der Waals surface area contributed by atoms with Gasteiger partial charge in [-0.05, 0) is 56.8 Å². The van der Waals surface area contributed by atoms with Gasteiger partial charge in [-0.1, -0.05) is 13.3 Å². The van der Waals surface area contributed by atoms with Crippen LogP contribution in [0.25, 0.3) is 0 Å². The summed E-state index contributed by atoms with van der Waals surface area (Å²) in [5.74, 6) is 1.82. The maximum Gasteiger partial charge on any atom is 0.225 e. The van der Waals surface area contributed by atoms with Gasteiger partial charge in [0.15, 0.2) is 0 Å². The van der Waals surface area contributed by atoms with Crippen LogP contribution in [-0.2, 0) is 9.53 Å². The number of nitrogens with one attached hydrogen (secondary N) is 1. The molecule has 2 atom stereocenters. The lowest BCUT2D eigenvalue weighted by Gasteiger charge is -2.43. The smallest absolute Gasteiger partial charge is 0.225 e. The summed E-state index contributed by atoms with van der Waals surface area (Å²) in [6.45, 7) is 6.09. The predicted molar refractivity (Wildman–Crippen MR) is 103 cm³/mol. The first kappa shape index (κ1) is 20.1. The van der Waals surface area contributed by atoms with Gasteiger partial charge in [-0.3, -0.25) is 4.79 Å². The van der Waals surface area contributed by atoms with Crippen LogP contribution >= 0.6 is 0 Å². The molecule has 1 amide bonds. The Kier molecular flexibility index (Phi) is 6.98. The number of aliphatic hydroxyl groups excluding tert-OH is 1. The Bertz CT molecular complexity index is 454. The van der Waals surface area contributed by atoms with Gasteiger partial charge in [-0.25, -0.2) is 0 Å². The van der Waals surface area contributed by atoms with E-state index in [1.54, 1.807) is 7.11 Å². The first-order valence-corrected chi connectivity index (χ1v) is 10.7. The first-order valence-electron chi connectivity index (χ1n) is 10.7. The molecule has 2 aliphatic carbocycles. The molecule has 3 fully saturated rings. The molecule has 26 heavy (non-hydrogen) atoms. The highest BCUT2D eigenvalue weighted by Crippen LogP contribution is 2.37. The molecule has 0 aromatic carbocycles. The Morgan fingerprint density at radius 2 is 1.92 bits per heavy atom. The van der Waals surface area contributed by atoms with Crippen LogP contribution in [0.4, 0.5) is 0 Å². The van der Waals surface area contributed by atoms with Crippen LogP contribution < -0.4 is 5.32 Å². The minimum absolute atomic E-state index is 0.182. The van der Waals surface area contributed by atoms with Gasteiger partial charge >= 0.3 is 0 Å². The summed E-state index contributed by atoms with van der Waals surface area (Å²) in [6, 6.07) is 0.704. The van der Waals surface area contributed by atoms with E-state index in [1.165, 1.54) is 12.8 Å². The van der Waals surface area contributed by atoms with Crippen molar-refractivity contribution in [3.8, 4) is 0 Å². The van der Waals surface area contributed by atoms with Crippen LogP contribution in [0.3, 0.4) is 0 Å². The van der Waals surface area contributed by atoms with Gasteiger partial charge in [0.2, 0.25) is 5.91 Å². The zero-order valence-corrected chi connectivity index (χ0v) is 16.7. The molecule has 0 bridgehead atoms. The summed E-state index contributed by atoms with van der Waals surface area (Å²) in [7, 11) is 1.80. The number of hydrogen-bond acceptors (Lipinski definition) is 4. The fraction of sp³-hybridized carbons (Fsp3) is 0.952. The monoisotopic (exact) mass is 366 g/mol. The lowest BCUT2D eigenvalue weighted by Crippen LogP contribution is -2.50. The first-order chi connectivity index (χ1) is 12.6. The third-order valence-corrected chi connectivity index (χ3v) is 7.23. The average Bonchev–Trinajstić information content (AvgIpc) is 3.46. The second-order valence-electron chi connectivity index (χ2n) is 9.05. The van der Waals surface area contributed by atoms with Crippen molar-refractivity contribution in [3.63, 3.8) is 0 Å². The van der Waals surface area contributed by atoms with Crippen LogP contribution in [-0.4, -0.2) is 61.9 Å². The van der Waals surface area contributed by atoms with Crippen LogP contribution in [0.5, 0.6) is 0 Å². The van der Waals surface area contributed by atoms with Gasteiger partial charge in [0, 0.05) is 50.7 Å². The summed E-state index contributed by atoms with van der Waals surface area (Å²) in [6.07, 6.45) is 8.56. The van der Waals surface area contributed by atoms with Gasteiger partial charge in [-0.15, -0.1) is 0 Å². The van der Waals surface area contributed by atoms with Gasteiger partial charge < -0.3 is 20.1 Å². The number of carbonyl (C=O) groups is 1. The highest BCUT2D eigenvalue weighted by atomic mass is 16.5. The van der Waals surface area contributed by atoms with Gasteiger partial charge in [0.1, 0.15) is 0 Å². The minimum Gasteiger partial charge on any atom is -0.396 e. The van der Waals surface area contributed by atoms with Crippen LogP contribution in [0, 0.1) is 23.2 Å². The Morgan fingerprint density at radius 3 is 2.46 bits per heavy atom. The molecule has 2 N–H and O–H groups in total. The Hall–Kier alpha value is -0.650. The molecule has 1 aliphatic heterocycles. The summed E-state index contributed by atoms with van der Waals surface area (Å²) < 4.78 is 5.56. The molecule has 3 aliphatic rings. The van der Waals surface area contributed by atoms with E-state index in [1.807, 2.05) is 0 Å². The van der Waals surface area contributed by atoms with Crippen molar-refractivity contribution >= 4 is 5.91 Å². The topological polar surface area (TPSA) is 61.8 Å². The largest absolute Gasteiger partial charge is 0.396 e. The number of methoxy groups -OCH3 is 1. The number of rotatable bonds is 8.